The Morgan fingerprint density at radius 2 is 1.90 bits per heavy atom. The number of nitrogens with zero attached hydrogens (tertiary/aromatic N) is 1. The van der Waals surface area contributed by atoms with Crippen LogP contribution in [0.5, 0.6) is 0 Å². The summed E-state index contributed by atoms with van der Waals surface area (Å²) in [6, 6.07) is 0.795. The molecule has 0 unspecified atom stereocenters. The van der Waals surface area contributed by atoms with Gasteiger partial charge in [0.25, 0.3) is 5.91 Å². The van der Waals surface area contributed by atoms with Gasteiger partial charge in [0, 0.05) is 19.5 Å². The van der Waals surface area contributed by atoms with Gasteiger partial charge in [-0.2, -0.15) is 4.39 Å². The topological polar surface area (TPSA) is 101 Å². The van der Waals surface area contributed by atoms with Gasteiger partial charge in [-0.3, -0.25) is 19.7 Å². The molecule has 1 aromatic rings. The average molecular weight is 301 g/mol. The van der Waals surface area contributed by atoms with E-state index < -0.39 is 33.7 Å². The molecule has 1 rings (SSSR count). The normalized spacial score (nSPS) is 10.0. The van der Waals surface area contributed by atoms with Crippen molar-refractivity contribution in [2.45, 2.75) is 13.3 Å². The average Bonchev–Trinajstić information content (AvgIpc) is 2.40. The number of rotatable bonds is 6. The highest BCUT2D eigenvalue weighted by atomic mass is 19.1. The van der Waals surface area contributed by atoms with Gasteiger partial charge in [0.1, 0.15) is 5.82 Å². The summed E-state index contributed by atoms with van der Waals surface area (Å²) in [7, 11) is 0. The molecule has 1 aromatic carbocycles. The summed E-state index contributed by atoms with van der Waals surface area (Å²) >= 11 is 0. The highest BCUT2D eigenvalue weighted by Crippen LogP contribution is 2.21. The van der Waals surface area contributed by atoms with E-state index in [1.54, 1.807) is 6.92 Å². The third-order valence-corrected chi connectivity index (χ3v) is 2.49. The van der Waals surface area contributed by atoms with Crippen molar-refractivity contribution in [3.8, 4) is 0 Å². The van der Waals surface area contributed by atoms with Gasteiger partial charge in [-0.05, 0) is 13.0 Å². The second-order valence-corrected chi connectivity index (χ2v) is 4.00. The van der Waals surface area contributed by atoms with Crippen molar-refractivity contribution >= 4 is 17.5 Å². The van der Waals surface area contributed by atoms with Crippen LogP contribution < -0.4 is 10.6 Å². The van der Waals surface area contributed by atoms with Crippen molar-refractivity contribution in [3.63, 3.8) is 0 Å². The maximum Gasteiger partial charge on any atom is 0.307 e. The fraction of sp³-hybridized carbons (Fsp3) is 0.333. The van der Waals surface area contributed by atoms with E-state index in [1.165, 1.54) is 0 Å². The molecule has 9 heteroatoms. The van der Waals surface area contributed by atoms with Gasteiger partial charge in [-0.25, -0.2) is 4.39 Å². The third-order valence-electron chi connectivity index (χ3n) is 2.49. The highest BCUT2D eigenvalue weighted by Gasteiger charge is 2.21. The van der Waals surface area contributed by atoms with E-state index in [9.17, 15) is 28.5 Å². The molecule has 0 aromatic heterocycles. The Morgan fingerprint density at radius 1 is 1.24 bits per heavy atom. The van der Waals surface area contributed by atoms with Crippen molar-refractivity contribution in [3.05, 3.63) is 39.4 Å². The molecular formula is C12H13F2N3O4. The molecule has 0 spiro atoms. The number of nitro benzene ring substituents is 1. The lowest BCUT2D eigenvalue weighted by Gasteiger charge is -2.06. The van der Waals surface area contributed by atoms with Crippen LogP contribution >= 0.6 is 0 Å². The molecule has 0 aliphatic carbocycles. The first-order chi connectivity index (χ1) is 9.86. The first-order valence-electron chi connectivity index (χ1n) is 6.05. The lowest BCUT2D eigenvalue weighted by Crippen LogP contribution is -2.31. The van der Waals surface area contributed by atoms with Crippen LogP contribution in [0.25, 0.3) is 0 Å². The summed E-state index contributed by atoms with van der Waals surface area (Å²) < 4.78 is 26.9. The van der Waals surface area contributed by atoms with Gasteiger partial charge in [-0.15, -0.1) is 0 Å². The van der Waals surface area contributed by atoms with Crippen LogP contribution in [0.15, 0.2) is 12.1 Å². The van der Waals surface area contributed by atoms with E-state index in [-0.39, 0.29) is 18.9 Å². The van der Waals surface area contributed by atoms with Gasteiger partial charge in [0.2, 0.25) is 11.7 Å². The second kappa shape index (κ2) is 7.27. The zero-order valence-electron chi connectivity index (χ0n) is 11.1. The molecule has 0 heterocycles. The fourth-order valence-electron chi connectivity index (χ4n) is 1.52. The molecular weight excluding hydrogens is 288 g/mol. The standard InChI is InChI=1S/C12H13F2N3O4/c1-2-15-11(18)3-4-16-12(19)7-5-9(14)10(17(20)21)6-8(7)13/h5-6H,2-4H2,1H3,(H,15,18)(H,16,19). The van der Waals surface area contributed by atoms with Gasteiger partial charge >= 0.3 is 5.69 Å². The van der Waals surface area contributed by atoms with Gasteiger partial charge in [0.05, 0.1) is 16.6 Å². The minimum absolute atomic E-state index is 0.0172. The zero-order valence-corrected chi connectivity index (χ0v) is 11.1. The second-order valence-electron chi connectivity index (χ2n) is 4.00. The van der Waals surface area contributed by atoms with E-state index in [0.717, 1.165) is 0 Å². The maximum atomic E-state index is 13.5. The minimum atomic E-state index is -1.31. The fourth-order valence-corrected chi connectivity index (χ4v) is 1.52. The Morgan fingerprint density at radius 3 is 2.48 bits per heavy atom. The summed E-state index contributed by atoms with van der Waals surface area (Å²) in [5.74, 6) is -3.77. The maximum absolute atomic E-state index is 13.5. The molecule has 0 saturated heterocycles. The summed E-state index contributed by atoms with van der Waals surface area (Å²) in [6.45, 7) is 2.10. The predicted molar refractivity (Wildman–Crippen MR) is 68.6 cm³/mol. The molecule has 0 fully saturated rings. The van der Waals surface area contributed by atoms with E-state index in [2.05, 4.69) is 10.6 Å². The number of nitro groups is 1. The Hall–Kier alpha value is -2.58. The number of benzene rings is 1. The van der Waals surface area contributed by atoms with E-state index in [0.29, 0.717) is 18.7 Å². The Bertz CT molecular complexity index is 578. The van der Waals surface area contributed by atoms with Crippen molar-refractivity contribution in [2.75, 3.05) is 13.1 Å². The lowest BCUT2D eigenvalue weighted by molar-refractivity contribution is -0.387. The van der Waals surface area contributed by atoms with E-state index >= 15 is 0 Å². The van der Waals surface area contributed by atoms with E-state index in [4.69, 9.17) is 0 Å². The van der Waals surface area contributed by atoms with Crippen LogP contribution in [-0.2, 0) is 4.79 Å². The number of halogens is 2. The Balaban J connectivity index is 2.73. The minimum Gasteiger partial charge on any atom is -0.356 e. The number of carbonyl (C=O) groups is 2. The summed E-state index contributed by atoms with van der Waals surface area (Å²) in [6.07, 6.45) is -0.0172. The molecule has 2 N–H and O–H groups in total. The van der Waals surface area contributed by atoms with Crippen molar-refractivity contribution in [1.29, 1.82) is 0 Å². The van der Waals surface area contributed by atoms with Crippen LogP contribution in [0.1, 0.15) is 23.7 Å². The quantitative estimate of drug-likeness (QED) is 0.607. The van der Waals surface area contributed by atoms with Gasteiger partial charge in [0.15, 0.2) is 0 Å². The molecule has 21 heavy (non-hydrogen) atoms. The van der Waals surface area contributed by atoms with Crippen LogP contribution in [0.4, 0.5) is 14.5 Å². The first kappa shape index (κ1) is 16.5. The molecule has 0 atom stereocenters. The first-order valence-corrected chi connectivity index (χ1v) is 6.05. The molecule has 0 aliphatic heterocycles. The van der Waals surface area contributed by atoms with Crippen molar-refractivity contribution in [1.82, 2.24) is 10.6 Å². The number of amides is 2. The number of nitrogens with one attached hydrogen (secondary N) is 2. The number of hydrogen-bond donors (Lipinski definition) is 2. The van der Waals surface area contributed by atoms with Gasteiger partial charge in [-0.1, -0.05) is 0 Å². The molecule has 0 saturated carbocycles. The monoisotopic (exact) mass is 301 g/mol. The highest BCUT2D eigenvalue weighted by molar-refractivity contribution is 5.95. The molecule has 114 valence electrons. The van der Waals surface area contributed by atoms with Crippen molar-refractivity contribution < 1.29 is 23.3 Å². The number of carbonyl (C=O) groups excluding carboxylic acids is 2. The van der Waals surface area contributed by atoms with Crippen LogP contribution in [0.2, 0.25) is 0 Å². The van der Waals surface area contributed by atoms with Crippen LogP contribution in [-0.4, -0.2) is 29.8 Å². The van der Waals surface area contributed by atoms with E-state index in [1.807, 2.05) is 0 Å². The number of hydrogen-bond acceptors (Lipinski definition) is 4. The smallest absolute Gasteiger partial charge is 0.307 e. The summed E-state index contributed by atoms with van der Waals surface area (Å²) in [5.41, 5.74) is -1.71. The summed E-state index contributed by atoms with van der Waals surface area (Å²) in [4.78, 5) is 32.1. The van der Waals surface area contributed by atoms with Gasteiger partial charge < -0.3 is 10.6 Å². The SMILES string of the molecule is CCNC(=O)CCNC(=O)c1cc(F)c([N+](=O)[O-])cc1F. The Labute approximate surface area is 118 Å². The lowest BCUT2D eigenvalue weighted by atomic mass is 10.1. The molecule has 2 amide bonds. The van der Waals surface area contributed by atoms with Crippen LogP contribution in [0.3, 0.4) is 0 Å². The van der Waals surface area contributed by atoms with Crippen molar-refractivity contribution in [2.24, 2.45) is 0 Å². The zero-order chi connectivity index (χ0) is 16.0. The predicted octanol–water partition coefficient (Wildman–Crippen LogP) is 1.13. The van der Waals surface area contributed by atoms with Crippen LogP contribution in [0, 0.1) is 21.7 Å². The summed E-state index contributed by atoms with van der Waals surface area (Å²) in [5, 5.41) is 15.1. The largest absolute Gasteiger partial charge is 0.356 e. The molecule has 0 aliphatic rings. The Kier molecular flexibility index (Phi) is 5.70. The third kappa shape index (κ3) is 4.48. The molecule has 0 bridgehead atoms. The molecule has 0 radical (unpaired) electrons. The molecule has 7 nitrogen and oxygen atoms in total.